The van der Waals surface area contributed by atoms with Gasteiger partial charge in [-0.25, -0.2) is 0 Å². The van der Waals surface area contributed by atoms with Crippen LogP contribution in [0.5, 0.6) is 5.75 Å². The van der Waals surface area contributed by atoms with E-state index in [1.54, 1.807) is 12.1 Å². The first-order valence-electron chi connectivity index (χ1n) is 6.12. The Morgan fingerprint density at radius 2 is 1.90 bits per heavy atom. The number of aliphatic hydroxyl groups excluding tert-OH is 1. The van der Waals surface area contributed by atoms with Crippen molar-refractivity contribution in [1.29, 1.82) is 0 Å². The minimum atomic E-state index is -4.61. The molecule has 118 valence electrons. The van der Waals surface area contributed by atoms with E-state index in [4.69, 9.17) is 4.74 Å². The van der Waals surface area contributed by atoms with Crippen LogP contribution in [-0.4, -0.2) is 35.9 Å². The number of rotatable bonds is 6. The van der Waals surface area contributed by atoms with Crippen LogP contribution in [0, 0.1) is 0 Å². The molecule has 0 saturated heterocycles. The van der Waals surface area contributed by atoms with Gasteiger partial charge in [-0.05, 0) is 31.2 Å². The van der Waals surface area contributed by atoms with E-state index in [1.165, 1.54) is 26.2 Å². The second-order valence-electron chi connectivity index (χ2n) is 4.51. The largest absolute Gasteiger partial charge is 0.497 e. The van der Waals surface area contributed by atoms with Crippen molar-refractivity contribution in [2.45, 2.75) is 25.2 Å². The molecule has 0 spiro atoms. The molecule has 0 aliphatic rings. The Labute approximate surface area is 130 Å². The second-order valence-corrected chi connectivity index (χ2v) is 5.16. The highest BCUT2D eigenvalue weighted by Gasteiger charge is 2.48. The van der Waals surface area contributed by atoms with Gasteiger partial charge in [0, 0.05) is 16.7 Å². The van der Waals surface area contributed by atoms with Gasteiger partial charge in [-0.1, -0.05) is 22.5 Å². The molecule has 3 nitrogen and oxygen atoms in total. The van der Waals surface area contributed by atoms with Crippen molar-refractivity contribution in [2.24, 2.45) is 0 Å². The lowest BCUT2D eigenvalue weighted by Crippen LogP contribution is -2.53. The van der Waals surface area contributed by atoms with Gasteiger partial charge < -0.3 is 14.7 Å². The van der Waals surface area contributed by atoms with E-state index in [9.17, 15) is 18.3 Å². The predicted molar refractivity (Wildman–Crippen MR) is 79.9 cm³/mol. The number of ether oxygens (including phenoxy) is 1. The molecule has 0 radical (unpaired) electrons. The number of hydrogen-bond donors (Lipinski definition) is 1. The van der Waals surface area contributed by atoms with Crippen LogP contribution in [0.15, 0.2) is 36.5 Å². The van der Waals surface area contributed by atoms with E-state index in [2.05, 4.69) is 22.5 Å². The molecular weight excluding hydrogens is 351 g/mol. The lowest BCUT2D eigenvalue weighted by Gasteiger charge is -2.37. The van der Waals surface area contributed by atoms with Gasteiger partial charge in [0.25, 0.3) is 0 Å². The average molecular weight is 368 g/mol. The van der Waals surface area contributed by atoms with E-state index in [0.29, 0.717) is 5.75 Å². The van der Waals surface area contributed by atoms with Gasteiger partial charge in [-0.3, -0.25) is 0 Å². The lowest BCUT2D eigenvalue weighted by atomic mass is 10.1. The Kier molecular flexibility index (Phi) is 6.10. The summed E-state index contributed by atoms with van der Waals surface area (Å²) in [4.78, 5) is 0.978. The first kappa shape index (κ1) is 17.8. The molecule has 0 saturated carbocycles. The van der Waals surface area contributed by atoms with Crippen molar-refractivity contribution in [3.63, 3.8) is 0 Å². The third-order valence-electron chi connectivity index (χ3n) is 2.90. The lowest BCUT2D eigenvalue weighted by molar-refractivity contribution is -0.165. The highest BCUT2D eigenvalue weighted by Crippen LogP contribution is 2.34. The SMILES string of the molecule is C=C(C)N(c1ccc(OC)cc1)[C@H](C(O)CBr)C(F)(F)F. The highest BCUT2D eigenvalue weighted by atomic mass is 79.9. The molecule has 0 amide bonds. The number of aliphatic hydroxyl groups is 1. The number of anilines is 1. The van der Waals surface area contributed by atoms with Gasteiger partial charge in [-0.2, -0.15) is 13.2 Å². The molecule has 1 N–H and O–H groups in total. The van der Waals surface area contributed by atoms with Crippen LogP contribution in [-0.2, 0) is 0 Å². The van der Waals surface area contributed by atoms with Crippen molar-refractivity contribution in [3.05, 3.63) is 36.5 Å². The number of alkyl halides is 4. The molecular formula is C14H17BrF3NO2. The van der Waals surface area contributed by atoms with Crippen molar-refractivity contribution in [1.82, 2.24) is 0 Å². The Hall–Kier alpha value is -1.21. The number of benzene rings is 1. The van der Waals surface area contributed by atoms with E-state index in [1.807, 2.05) is 0 Å². The number of hydrogen-bond acceptors (Lipinski definition) is 3. The summed E-state index contributed by atoms with van der Waals surface area (Å²) >= 11 is 2.89. The zero-order valence-electron chi connectivity index (χ0n) is 11.7. The molecule has 2 atom stereocenters. The number of nitrogens with zero attached hydrogens (tertiary/aromatic N) is 1. The Morgan fingerprint density at radius 3 is 2.24 bits per heavy atom. The summed E-state index contributed by atoms with van der Waals surface area (Å²) in [6, 6.07) is 4.02. The fourth-order valence-electron chi connectivity index (χ4n) is 1.98. The molecule has 1 rings (SSSR count). The van der Waals surface area contributed by atoms with Crippen molar-refractivity contribution >= 4 is 21.6 Å². The summed E-state index contributed by atoms with van der Waals surface area (Å²) in [5.41, 5.74) is 0.466. The maximum Gasteiger partial charge on any atom is 0.411 e. The fraction of sp³-hybridized carbons (Fsp3) is 0.429. The molecule has 0 aliphatic carbocycles. The summed E-state index contributed by atoms with van der Waals surface area (Å²) in [6.07, 6.45) is -6.23. The van der Waals surface area contributed by atoms with Gasteiger partial charge in [0.05, 0.1) is 13.2 Å². The maximum atomic E-state index is 13.3. The molecule has 0 bridgehead atoms. The Morgan fingerprint density at radius 1 is 1.38 bits per heavy atom. The minimum absolute atomic E-state index is 0.183. The van der Waals surface area contributed by atoms with Crippen LogP contribution in [0.2, 0.25) is 0 Å². The van der Waals surface area contributed by atoms with Crippen LogP contribution >= 0.6 is 15.9 Å². The number of allylic oxidation sites excluding steroid dienone is 1. The third kappa shape index (κ3) is 4.38. The molecule has 7 heteroatoms. The van der Waals surface area contributed by atoms with Crippen molar-refractivity contribution in [2.75, 3.05) is 17.3 Å². The molecule has 1 unspecified atom stereocenters. The predicted octanol–water partition coefficient (Wildman–Crippen LogP) is 3.72. The first-order chi connectivity index (χ1) is 9.72. The van der Waals surface area contributed by atoms with E-state index in [0.717, 1.165) is 4.90 Å². The zero-order chi connectivity index (χ0) is 16.2. The van der Waals surface area contributed by atoms with Crippen molar-refractivity contribution in [3.8, 4) is 5.75 Å². The molecule has 0 heterocycles. The maximum absolute atomic E-state index is 13.3. The van der Waals surface area contributed by atoms with E-state index < -0.39 is 18.3 Å². The zero-order valence-corrected chi connectivity index (χ0v) is 13.3. The molecule has 0 aromatic heterocycles. The number of methoxy groups -OCH3 is 1. The minimum Gasteiger partial charge on any atom is -0.497 e. The third-order valence-corrected chi connectivity index (χ3v) is 3.56. The summed E-state index contributed by atoms with van der Waals surface area (Å²) < 4.78 is 44.9. The summed E-state index contributed by atoms with van der Waals surface area (Å²) in [6.45, 7) is 5.06. The molecule has 21 heavy (non-hydrogen) atoms. The fourth-order valence-corrected chi connectivity index (χ4v) is 2.34. The molecule has 0 aliphatic heterocycles. The molecule has 0 fully saturated rings. The Balaban J connectivity index is 3.27. The topological polar surface area (TPSA) is 32.7 Å². The van der Waals surface area contributed by atoms with Crippen LogP contribution in [0.1, 0.15) is 6.92 Å². The van der Waals surface area contributed by atoms with Crippen LogP contribution in [0.3, 0.4) is 0 Å². The van der Waals surface area contributed by atoms with Crippen molar-refractivity contribution < 1.29 is 23.0 Å². The second kappa shape index (κ2) is 7.17. The highest BCUT2D eigenvalue weighted by molar-refractivity contribution is 9.09. The van der Waals surface area contributed by atoms with Gasteiger partial charge in [0.2, 0.25) is 0 Å². The van der Waals surface area contributed by atoms with Gasteiger partial charge in [0.15, 0.2) is 6.04 Å². The number of halogens is 4. The van der Waals surface area contributed by atoms with E-state index >= 15 is 0 Å². The standard InChI is InChI=1S/C14H17BrF3NO2/c1-9(2)19(10-4-6-11(21-3)7-5-10)13(12(20)8-15)14(16,17)18/h4-7,12-13,20H,1,8H2,2-3H3/t12?,13-/m1/s1. The first-order valence-corrected chi connectivity index (χ1v) is 7.24. The van der Waals surface area contributed by atoms with Crippen LogP contribution in [0.25, 0.3) is 0 Å². The van der Waals surface area contributed by atoms with Crippen LogP contribution < -0.4 is 9.64 Å². The summed E-state index contributed by atoms with van der Waals surface area (Å²) in [5.74, 6) is 0.532. The van der Waals surface area contributed by atoms with Gasteiger partial charge in [-0.15, -0.1) is 0 Å². The Bertz CT molecular complexity index is 476. The normalized spacial score (nSPS) is 14.4. The summed E-state index contributed by atoms with van der Waals surface area (Å²) in [5, 5.41) is 9.56. The molecule has 1 aromatic rings. The van der Waals surface area contributed by atoms with Gasteiger partial charge >= 0.3 is 6.18 Å². The monoisotopic (exact) mass is 367 g/mol. The molecule has 1 aromatic carbocycles. The summed E-state index contributed by atoms with van der Waals surface area (Å²) in [7, 11) is 1.47. The smallest absolute Gasteiger partial charge is 0.411 e. The van der Waals surface area contributed by atoms with Crippen LogP contribution in [0.4, 0.5) is 18.9 Å². The van der Waals surface area contributed by atoms with E-state index in [-0.39, 0.29) is 16.7 Å². The van der Waals surface area contributed by atoms with Gasteiger partial charge in [0.1, 0.15) is 5.75 Å². The average Bonchev–Trinajstić information content (AvgIpc) is 2.42. The quantitative estimate of drug-likeness (QED) is 0.777.